The molecule has 2 nitrogen and oxygen atoms in total. The number of hydrogen-bond donors (Lipinski definition) is 0. The van der Waals surface area contributed by atoms with Gasteiger partial charge in [-0.1, -0.05) is 38.1 Å². The van der Waals surface area contributed by atoms with Gasteiger partial charge in [0.05, 0.1) is 0 Å². The molecule has 0 fully saturated rings. The number of ether oxygens (including phenoxy) is 2. The van der Waals surface area contributed by atoms with Crippen LogP contribution in [-0.4, -0.2) is 0 Å². The molecule has 2 heteroatoms. The third-order valence-electron chi connectivity index (χ3n) is 2.14. The van der Waals surface area contributed by atoms with Crippen molar-refractivity contribution >= 4 is 0 Å². The van der Waals surface area contributed by atoms with Crippen molar-refractivity contribution < 1.29 is 9.47 Å². The lowest BCUT2D eigenvalue weighted by Crippen LogP contribution is -1.97. The van der Waals surface area contributed by atoms with E-state index in [0.29, 0.717) is 0 Å². The first-order valence-electron chi connectivity index (χ1n) is 5.47. The molecule has 3 rings (SSSR count). The zero-order chi connectivity index (χ0) is 11.4. The molecule has 2 aromatic rings. The molecular formula is C14H14O2. The summed E-state index contributed by atoms with van der Waals surface area (Å²) in [4.78, 5) is 0. The van der Waals surface area contributed by atoms with Gasteiger partial charge in [0.15, 0.2) is 23.0 Å². The molecule has 0 bridgehead atoms. The number of para-hydroxylation sites is 4. The van der Waals surface area contributed by atoms with E-state index in [-0.39, 0.29) is 0 Å². The molecule has 0 saturated carbocycles. The number of rotatable bonds is 0. The van der Waals surface area contributed by atoms with Crippen molar-refractivity contribution in [2.24, 2.45) is 0 Å². The van der Waals surface area contributed by atoms with E-state index < -0.39 is 0 Å². The predicted octanol–water partition coefficient (Wildman–Crippen LogP) is 4.61. The van der Waals surface area contributed by atoms with Crippen LogP contribution in [0, 0.1) is 0 Å². The normalized spacial score (nSPS) is 10.9. The predicted molar refractivity (Wildman–Crippen MR) is 64.4 cm³/mol. The van der Waals surface area contributed by atoms with Gasteiger partial charge in [-0.15, -0.1) is 0 Å². The molecule has 0 saturated heterocycles. The molecular weight excluding hydrogens is 200 g/mol. The average Bonchev–Trinajstić information content (AvgIpc) is 2.38. The Morgan fingerprint density at radius 2 is 0.812 bits per heavy atom. The largest absolute Gasteiger partial charge is 0.450 e. The molecule has 1 aliphatic heterocycles. The van der Waals surface area contributed by atoms with Gasteiger partial charge in [-0.3, -0.25) is 0 Å². The van der Waals surface area contributed by atoms with Crippen LogP contribution in [0.15, 0.2) is 48.5 Å². The smallest absolute Gasteiger partial charge is 0.170 e. The topological polar surface area (TPSA) is 18.5 Å². The number of hydrogen-bond acceptors (Lipinski definition) is 2. The number of fused-ring (bicyclic) bond motifs is 2. The Hall–Kier alpha value is -1.96. The van der Waals surface area contributed by atoms with E-state index in [1.807, 2.05) is 62.4 Å². The monoisotopic (exact) mass is 214 g/mol. The Bertz CT molecular complexity index is 390. The Kier molecular flexibility index (Phi) is 3.10. The minimum atomic E-state index is 0.770. The standard InChI is InChI=1S/C12H8O2.C2H6/c1-2-6-10-9(5-1)13-11-7-3-4-8-12(11)14-10;1-2/h1-8H;1-2H3. The first-order valence-corrected chi connectivity index (χ1v) is 5.47. The van der Waals surface area contributed by atoms with Crippen LogP contribution >= 0.6 is 0 Å². The second kappa shape index (κ2) is 4.71. The Balaban J connectivity index is 0.000000457. The summed E-state index contributed by atoms with van der Waals surface area (Å²) in [5, 5.41) is 0. The van der Waals surface area contributed by atoms with E-state index in [4.69, 9.17) is 9.47 Å². The average molecular weight is 214 g/mol. The molecule has 0 aromatic heterocycles. The van der Waals surface area contributed by atoms with Crippen molar-refractivity contribution in [2.45, 2.75) is 13.8 Å². The van der Waals surface area contributed by atoms with Crippen LogP contribution in [0.5, 0.6) is 23.0 Å². The Labute approximate surface area is 95.4 Å². The quantitative estimate of drug-likeness (QED) is 0.544. The van der Waals surface area contributed by atoms with E-state index in [1.165, 1.54) is 0 Å². The van der Waals surface area contributed by atoms with E-state index in [9.17, 15) is 0 Å². The number of benzene rings is 2. The summed E-state index contributed by atoms with van der Waals surface area (Å²) in [7, 11) is 0. The van der Waals surface area contributed by atoms with Gasteiger partial charge in [0, 0.05) is 0 Å². The molecule has 0 amide bonds. The summed E-state index contributed by atoms with van der Waals surface area (Å²) < 4.78 is 11.3. The van der Waals surface area contributed by atoms with Crippen molar-refractivity contribution in [3.05, 3.63) is 48.5 Å². The second-order valence-corrected chi connectivity index (χ2v) is 3.10. The summed E-state index contributed by atoms with van der Waals surface area (Å²) in [6, 6.07) is 15.3. The van der Waals surface area contributed by atoms with Crippen LogP contribution in [0.25, 0.3) is 0 Å². The molecule has 1 aliphatic rings. The molecule has 0 radical (unpaired) electrons. The fraction of sp³-hybridized carbons (Fsp3) is 0.143. The molecule has 0 atom stereocenters. The minimum absolute atomic E-state index is 0.770. The zero-order valence-electron chi connectivity index (χ0n) is 9.44. The summed E-state index contributed by atoms with van der Waals surface area (Å²) in [6.07, 6.45) is 0. The summed E-state index contributed by atoms with van der Waals surface area (Å²) in [6.45, 7) is 4.00. The maximum absolute atomic E-state index is 5.65. The van der Waals surface area contributed by atoms with Crippen molar-refractivity contribution in [3.8, 4) is 23.0 Å². The minimum Gasteiger partial charge on any atom is -0.450 e. The van der Waals surface area contributed by atoms with Gasteiger partial charge in [-0.05, 0) is 24.3 Å². The van der Waals surface area contributed by atoms with E-state index in [2.05, 4.69) is 0 Å². The highest BCUT2D eigenvalue weighted by molar-refractivity contribution is 5.53. The summed E-state index contributed by atoms with van der Waals surface area (Å²) in [5.41, 5.74) is 0. The van der Waals surface area contributed by atoms with Gasteiger partial charge in [0.1, 0.15) is 0 Å². The molecule has 0 unspecified atom stereocenters. The molecule has 2 aromatic carbocycles. The van der Waals surface area contributed by atoms with E-state index in [0.717, 1.165) is 23.0 Å². The van der Waals surface area contributed by atoms with Crippen molar-refractivity contribution in [1.82, 2.24) is 0 Å². The first kappa shape index (κ1) is 10.6. The highest BCUT2D eigenvalue weighted by atomic mass is 16.6. The van der Waals surface area contributed by atoms with Gasteiger partial charge in [0.2, 0.25) is 0 Å². The summed E-state index contributed by atoms with van der Waals surface area (Å²) >= 11 is 0. The van der Waals surface area contributed by atoms with Crippen LogP contribution in [0.4, 0.5) is 0 Å². The molecule has 0 aliphatic carbocycles. The lowest BCUT2D eigenvalue weighted by molar-refractivity contribution is 0.359. The van der Waals surface area contributed by atoms with Gasteiger partial charge in [-0.2, -0.15) is 0 Å². The summed E-state index contributed by atoms with van der Waals surface area (Å²) in [5.74, 6) is 3.08. The fourth-order valence-corrected chi connectivity index (χ4v) is 1.47. The molecule has 0 spiro atoms. The van der Waals surface area contributed by atoms with Crippen molar-refractivity contribution in [3.63, 3.8) is 0 Å². The second-order valence-electron chi connectivity index (χ2n) is 3.10. The highest BCUT2D eigenvalue weighted by Gasteiger charge is 2.16. The van der Waals surface area contributed by atoms with Crippen LogP contribution in [0.2, 0.25) is 0 Å². The van der Waals surface area contributed by atoms with Crippen LogP contribution in [0.3, 0.4) is 0 Å². The van der Waals surface area contributed by atoms with E-state index in [1.54, 1.807) is 0 Å². The van der Waals surface area contributed by atoms with Gasteiger partial charge < -0.3 is 9.47 Å². The van der Waals surface area contributed by atoms with Crippen LogP contribution in [0.1, 0.15) is 13.8 Å². The van der Waals surface area contributed by atoms with Crippen molar-refractivity contribution in [2.75, 3.05) is 0 Å². The fourth-order valence-electron chi connectivity index (χ4n) is 1.47. The van der Waals surface area contributed by atoms with Gasteiger partial charge in [0.25, 0.3) is 0 Å². The zero-order valence-corrected chi connectivity index (χ0v) is 9.44. The van der Waals surface area contributed by atoms with Gasteiger partial charge in [-0.25, -0.2) is 0 Å². The lowest BCUT2D eigenvalue weighted by Gasteiger charge is -2.19. The van der Waals surface area contributed by atoms with Gasteiger partial charge >= 0.3 is 0 Å². The third-order valence-corrected chi connectivity index (χ3v) is 2.14. The lowest BCUT2D eigenvalue weighted by atomic mass is 10.2. The van der Waals surface area contributed by atoms with Crippen LogP contribution < -0.4 is 9.47 Å². The maximum Gasteiger partial charge on any atom is 0.170 e. The molecule has 1 heterocycles. The first-order chi connectivity index (χ1) is 7.93. The Morgan fingerprint density at radius 1 is 0.562 bits per heavy atom. The van der Waals surface area contributed by atoms with Crippen molar-refractivity contribution in [1.29, 1.82) is 0 Å². The van der Waals surface area contributed by atoms with E-state index >= 15 is 0 Å². The maximum atomic E-state index is 5.65. The SMILES string of the molecule is CC.c1ccc2c(c1)Oc1ccccc1O2. The highest BCUT2D eigenvalue weighted by Crippen LogP contribution is 2.44. The Morgan fingerprint density at radius 3 is 1.06 bits per heavy atom. The molecule has 16 heavy (non-hydrogen) atoms. The van der Waals surface area contributed by atoms with Crippen LogP contribution in [-0.2, 0) is 0 Å². The molecule has 82 valence electrons. The molecule has 0 N–H and O–H groups in total. The third kappa shape index (κ3) is 1.87.